The number of aromatic nitrogens is 10. The number of fused-ring (bicyclic) bond motifs is 2. The molecule has 1 aliphatic carbocycles. The molecule has 4 aliphatic rings. The molecular formula is C45H51F2N13O5. The van der Waals surface area contributed by atoms with E-state index in [1.54, 1.807) is 40.9 Å². The molecule has 6 aromatic rings. The van der Waals surface area contributed by atoms with Crippen LogP contribution < -0.4 is 15.9 Å². The van der Waals surface area contributed by atoms with E-state index >= 15 is 0 Å². The maximum absolute atomic E-state index is 14.5. The number of likely N-dealkylation sites (tertiary alicyclic amines) is 1. The molecule has 20 heteroatoms. The summed E-state index contributed by atoms with van der Waals surface area (Å²) in [6, 6.07) is 6.63. The normalized spacial score (nSPS) is 21.9. The van der Waals surface area contributed by atoms with Crippen molar-refractivity contribution in [1.29, 1.82) is 0 Å². The predicted octanol–water partition coefficient (Wildman–Crippen LogP) is 4.23. The lowest BCUT2D eigenvalue weighted by molar-refractivity contribution is -0.135. The van der Waals surface area contributed by atoms with Crippen LogP contribution >= 0.6 is 0 Å². The lowest BCUT2D eigenvalue weighted by atomic mass is 9.85. The highest BCUT2D eigenvalue weighted by Crippen LogP contribution is 2.36. The Labute approximate surface area is 372 Å². The van der Waals surface area contributed by atoms with Crippen LogP contribution in [0.25, 0.3) is 33.6 Å². The van der Waals surface area contributed by atoms with E-state index in [1.165, 1.54) is 13.8 Å². The number of piperidine rings is 2. The lowest BCUT2D eigenvalue weighted by Crippen LogP contribution is -2.44. The van der Waals surface area contributed by atoms with Gasteiger partial charge in [-0.15, -0.1) is 5.10 Å². The van der Waals surface area contributed by atoms with Crippen LogP contribution in [0, 0.1) is 17.8 Å². The number of imidazole rings is 1. The Morgan fingerprint density at radius 2 is 1.78 bits per heavy atom. The number of para-hydroxylation sites is 1. The third kappa shape index (κ3) is 8.55. The molecule has 0 spiro atoms. The lowest BCUT2D eigenvalue weighted by Gasteiger charge is -2.36. The largest absolute Gasteiger partial charge is 0.378 e. The van der Waals surface area contributed by atoms with Crippen LogP contribution in [0.3, 0.4) is 0 Å². The number of benzene rings is 1. The molecule has 65 heavy (non-hydrogen) atoms. The minimum absolute atomic E-state index is 0.00626. The first-order valence-electron chi connectivity index (χ1n) is 22.5. The van der Waals surface area contributed by atoms with Crippen molar-refractivity contribution in [2.75, 3.05) is 50.8 Å². The van der Waals surface area contributed by atoms with Gasteiger partial charge in [0.25, 0.3) is 6.43 Å². The summed E-state index contributed by atoms with van der Waals surface area (Å²) >= 11 is 0. The van der Waals surface area contributed by atoms with Gasteiger partial charge in [-0.2, -0.15) is 10.2 Å². The molecule has 1 aromatic carbocycles. The van der Waals surface area contributed by atoms with Crippen LogP contribution in [0.2, 0.25) is 0 Å². The van der Waals surface area contributed by atoms with E-state index in [-0.39, 0.29) is 54.1 Å². The van der Waals surface area contributed by atoms with E-state index in [0.29, 0.717) is 52.6 Å². The topological polar surface area (TPSA) is 177 Å². The van der Waals surface area contributed by atoms with Crippen molar-refractivity contribution in [3.8, 4) is 28.8 Å². The van der Waals surface area contributed by atoms with E-state index < -0.39 is 18.4 Å². The number of carbonyl (C=O) groups excluding carboxylic acids is 2. The Kier molecular flexibility index (Phi) is 11.8. The number of ether oxygens (including phenoxy) is 2. The molecule has 5 aromatic heterocycles. The monoisotopic (exact) mass is 891 g/mol. The van der Waals surface area contributed by atoms with Crippen LogP contribution in [-0.4, -0.2) is 123 Å². The fourth-order valence-electron chi connectivity index (χ4n) is 9.88. The smallest absolute Gasteiger partial charge is 0.329 e. The van der Waals surface area contributed by atoms with Gasteiger partial charge in [-0.3, -0.25) is 28.7 Å². The van der Waals surface area contributed by atoms with Crippen LogP contribution in [-0.2, 0) is 26.1 Å². The zero-order chi connectivity index (χ0) is 44.8. The van der Waals surface area contributed by atoms with E-state index in [4.69, 9.17) is 14.5 Å². The fraction of sp³-hybridized carbons (Fsp3) is 0.511. The fourth-order valence-corrected chi connectivity index (χ4v) is 9.88. The highest BCUT2D eigenvalue weighted by molar-refractivity contribution is 6.00. The number of nitrogens with zero attached hydrogens (tertiary/aromatic N) is 12. The van der Waals surface area contributed by atoms with Gasteiger partial charge in [-0.05, 0) is 76.0 Å². The van der Waals surface area contributed by atoms with Crippen LogP contribution in [0.15, 0.2) is 53.8 Å². The Balaban J connectivity index is 0.724. The van der Waals surface area contributed by atoms with Crippen molar-refractivity contribution in [3.05, 3.63) is 70.8 Å². The first-order chi connectivity index (χ1) is 31.6. The molecule has 2 atom stereocenters. The molecule has 3 saturated heterocycles. The molecule has 1 unspecified atom stereocenters. The second-order valence-electron chi connectivity index (χ2n) is 17.5. The molecule has 0 bridgehead atoms. The van der Waals surface area contributed by atoms with Crippen LogP contribution in [0.5, 0.6) is 0 Å². The third-order valence-electron chi connectivity index (χ3n) is 13.3. The number of rotatable bonds is 10. The summed E-state index contributed by atoms with van der Waals surface area (Å²) in [6.07, 6.45) is 9.62. The van der Waals surface area contributed by atoms with Gasteiger partial charge in [0, 0.05) is 52.4 Å². The van der Waals surface area contributed by atoms with Crippen molar-refractivity contribution in [3.63, 3.8) is 0 Å². The summed E-state index contributed by atoms with van der Waals surface area (Å²) in [5, 5.41) is 19.8. The first kappa shape index (κ1) is 42.6. The number of morpholine rings is 1. The first-order valence-corrected chi connectivity index (χ1v) is 22.5. The van der Waals surface area contributed by atoms with Gasteiger partial charge in [0.15, 0.2) is 11.3 Å². The summed E-state index contributed by atoms with van der Waals surface area (Å²) in [5.41, 5.74) is 3.16. The number of alkyl halides is 2. The van der Waals surface area contributed by atoms with Gasteiger partial charge in [0.2, 0.25) is 11.8 Å². The summed E-state index contributed by atoms with van der Waals surface area (Å²) < 4.78 is 48.5. The molecule has 3 aliphatic heterocycles. The molecule has 4 fully saturated rings. The number of anilines is 1. The van der Waals surface area contributed by atoms with Gasteiger partial charge in [-0.1, -0.05) is 23.1 Å². The number of hydrogen-bond donors (Lipinski definition) is 1. The minimum atomic E-state index is -2.79. The molecule has 2 amide bonds. The summed E-state index contributed by atoms with van der Waals surface area (Å²) in [6.45, 7) is 7.49. The summed E-state index contributed by atoms with van der Waals surface area (Å²) in [4.78, 5) is 47.2. The quantitative estimate of drug-likeness (QED) is 0.153. The van der Waals surface area contributed by atoms with Crippen LogP contribution in [0.4, 0.5) is 14.6 Å². The number of nitrogens with one attached hydrogen (secondary N) is 1. The summed E-state index contributed by atoms with van der Waals surface area (Å²) in [7, 11) is 1.67. The average Bonchev–Trinajstić information content (AvgIpc) is 4.13. The Hall–Kier alpha value is -6.30. The highest BCUT2D eigenvalue weighted by atomic mass is 19.3. The number of aryl methyl sites for hydroxylation is 1. The number of amides is 2. The van der Waals surface area contributed by atoms with Gasteiger partial charge in [-0.25, -0.2) is 27.8 Å². The second-order valence-corrected chi connectivity index (χ2v) is 17.5. The minimum Gasteiger partial charge on any atom is -0.378 e. The van der Waals surface area contributed by atoms with Crippen molar-refractivity contribution < 1.29 is 27.8 Å². The number of imide groups is 1. The maximum atomic E-state index is 14.5. The van der Waals surface area contributed by atoms with Crippen molar-refractivity contribution >= 4 is 34.3 Å². The maximum Gasteiger partial charge on any atom is 0.329 e. The van der Waals surface area contributed by atoms with Crippen LogP contribution in [0.1, 0.15) is 88.1 Å². The zero-order valence-corrected chi connectivity index (χ0v) is 36.4. The molecule has 340 valence electrons. The van der Waals surface area contributed by atoms with Gasteiger partial charge in [0.05, 0.1) is 66.1 Å². The molecular weight excluding hydrogens is 841 g/mol. The SMILES string of the molecule is C[C@H](C#Cc1cccc2c1n(C)c(=O)n2C1CCC(=O)NC1=O)OC1CCN(CC2CCC(n3cc(-n4cc(-c5cnn6ccc(N7CCOCC7)nc56)nn4)c(C(F)F)n3)CC2)CC1. The second kappa shape index (κ2) is 17.9. The van der Waals surface area contributed by atoms with Gasteiger partial charge < -0.3 is 19.3 Å². The Morgan fingerprint density at radius 3 is 2.55 bits per heavy atom. The molecule has 0 radical (unpaired) electrons. The zero-order valence-electron chi connectivity index (χ0n) is 36.4. The summed E-state index contributed by atoms with van der Waals surface area (Å²) in [5.74, 6) is 6.95. The number of halogens is 2. The molecule has 10 rings (SSSR count). The third-order valence-corrected chi connectivity index (χ3v) is 13.3. The molecule has 8 heterocycles. The van der Waals surface area contributed by atoms with Crippen molar-refractivity contribution in [2.24, 2.45) is 13.0 Å². The highest BCUT2D eigenvalue weighted by Gasteiger charge is 2.33. The Bertz CT molecular complexity index is 2850. The van der Waals surface area contributed by atoms with E-state index in [9.17, 15) is 23.2 Å². The van der Waals surface area contributed by atoms with E-state index in [1.807, 2.05) is 31.3 Å². The molecule has 1 saturated carbocycles. The standard InChI is InChI=1S/C45H51F2N13O5/c1-28(6-9-30-4-3-5-35-41(30)54(2)45(63)60(35)36-12-13-39(61)50-44(36)62)65-32-14-17-55(18-15-32)25-29-7-10-31(11-8-29)58-27-37(40(52-58)42(46)47)59-26-34(51-53-59)33-24-48-57-19-16-38(49-43(33)57)56-20-22-64-23-21-56/h3-5,16,19,24,26-29,31-32,36,42H,7-8,10-15,17-18,20-23,25H2,1-2H3,(H,50,61,62)/t28-,29?,31?,36?/m1/s1. The van der Waals surface area contributed by atoms with E-state index in [0.717, 1.165) is 77.1 Å². The van der Waals surface area contributed by atoms with Crippen molar-refractivity contribution in [2.45, 2.75) is 89.0 Å². The average molecular weight is 892 g/mol. The molecule has 18 nitrogen and oxygen atoms in total. The Morgan fingerprint density at radius 1 is 0.985 bits per heavy atom. The number of hydrogen-bond acceptors (Lipinski definition) is 12. The van der Waals surface area contributed by atoms with E-state index in [2.05, 4.69) is 47.5 Å². The van der Waals surface area contributed by atoms with Gasteiger partial charge >= 0.3 is 5.69 Å². The number of carbonyl (C=O) groups is 2. The van der Waals surface area contributed by atoms with Gasteiger partial charge in [0.1, 0.15) is 29.3 Å². The van der Waals surface area contributed by atoms with Crippen molar-refractivity contribution in [1.82, 2.24) is 58.7 Å². The predicted molar refractivity (Wildman–Crippen MR) is 234 cm³/mol. The molecule has 1 N–H and O–H groups in total.